The number of likely N-dealkylation sites (tertiary alicyclic amines) is 1. The summed E-state index contributed by atoms with van der Waals surface area (Å²) in [4.78, 5) is 20.4. The minimum Gasteiger partial charge on any atom is -0.378 e. The molecule has 2 rings (SSSR count). The first-order valence-corrected chi connectivity index (χ1v) is 12.3. The third-order valence-corrected chi connectivity index (χ3v) is 6.91. The number of hydrogen-bond donors (Lipinski definition) is 1. The maximum atomic E-state index is 12.5. The number of carbonyl (C=O) groups is 1. The van der Waals surface area contributed by atoms with Crippen molar-refractivity contribution in [1.29, 1.82) is 0 Å². The van der Waals surface area contributed by atoms with Crippen molar-refractivity contribution >= 4 is 45.9 Å². The van der Waals surface area contributed by atoms with Gasteiger partial charge in [-0.1, -0.05) is 0 Å². The number of rotatable bonds is 10. The molecule has 2 aliphatic heterocycles. The van der Waals surface area contributed by atoms with Crippen molar-refractivity contribution in [2.45, 2.75) is 46.1 Å². The van der Waals surface area contributed by atoms with Crippen molar-refractivity contribution in [3.05, 3.63) is 0 Å². The molecule has 0 aromatic heterocycles. The van der Waals surface area contributed by atoms with E-state index >= 15 is 0 Å². The summed E-state index contributed by atoms with van der Waals surface area (Å²) in [5, 5.41) is 3.30. The Hall–Kier alpha value is -0.660. The lowest BCUT2D eigenvalue weighted by molar-refractivity contribution is -0.127. The summed E-state index contributed by atoms with van der Waals surface area (Å²) in [7, 11) is -3.29. The van der Waals surface area contributed by atoms with Crippen molar-refractivity contribution in [2.24, 2.45) is 4.99 Å². The van der Waals surface area contributed by atoms with Crippen LogP contribution in [0.25, 0.3) is 0 Å². The zero-order valence-corrected chi connectivity index (χ0v) is 21.7. The van der Waals surface area contributed by atoms with Gasteiger partial charge in [0.15, 0.2) is 5.96 Å². The zero-order valence-electron chi connectivity index (χ0n) is 18.5. The van der Waals surface area contributed by atoms with Gasteiger partial charge in [-0.25, -0.2) is 8.42 Å². The third kappa shape index (κ3) is 8.83. The average Bonchev–Trinajstić information content (AvgIpc) is 3.09. The molecule has 1 N–H and O–H groups in total. The summed E-state index contributed by atoms with van der Waals surface area (Å²) in [5.41, 5.74) is 0. The molecule has 0 unspecified atom stereocenters. The zero-order chi connectivity index (χ0) is 21.3. The Morgan fingerprint density at radius 3 is 2.47 bits per heavy atom. The summed E-state index contributed by atoms with van der Waals surface area (Å²) in [6.07, 6.45) is 2.50. The van der Waals surface area contributed by atoms with Crippen LogP contribution in [0, 0.1) is 0 Å². The molecule has 0 saturated carbocycles. The van der Waals surface area contributed by atoms with Gasteiger partial charge in [-0.05, 0) is 33.6 Å². The Morgan fingerprint density at radius 2 is 1.90 bits per heavy atom. The Balaban J connectivity index is 0.00000450. The van der Waals surface area contributed by atoms with E-state index in [1.54, 1.807) is 4.31 Å². The van der Waals surface area contributed by atoms with Gasteiger partial charge < -0.3 is 19.9 Å². The van der Waals surface area contributed by atoms with E-state index in [1.807, 2.05) is 25.7 Å². The lowest BCUT2D eigenvalue weighted by Crippen LogP contribution is -2.54. The summed E-state index contributed by atoms with van der Waals surface area (Å²) in [6.45, 7) is 11.2. The largest absolute Gasteiger partial charge is 0.378 e. The highest BCUT2D eigenvalue weighted by Gasteiger charge is 2.28. The Labute approximate surface area is 198 Å². The lowest BCUT2D eigenvalue weighted by Gasteiger charge is -2.36. The van der Waals surface area contributed by atoms with Crippen molar-refractivity contribution in [1.82, 2.24) is 19.4 Å². The normalized spacial score (nSPS) is 18.8. The van der Waals surface area contributed by atoms with Crippen LogP contribution in [0.1, 0.15) is 40.0 Å². The number of nitrogens with zero attached hydrogens (tertiary/aromatic N) is 4. The van der Waals surface area contributed by atoms with Crippen LogP contribution in [0.15, 0.2) is 4.99 Å². The highest BCUT2D eigenvalue weighted by molar-refractivity contribution is 14.0. The van der Waals surface area contributed by atoms with Gasteiger partial charge in [0.05, 0.1) is 18.5 Å². The molecule has 2 heterocycles. The Morgan fingerprint density at radius 1 is 1.20 bits per heavy atom. The smallest absolute Gasteiger partial charge is 0.222 e. The average molecular weight is 560 g/mol. The molecule has 1 amide bonds. The first-order valence-electron chi connectivity index (χ1n) is 10.7. The Kier molecular flexibility index (Phi) is 12.5. The van der Waals surface area contributed by atoms with Crippen LogP contribution in [0.5, 0.6) is 0 Å². The first-order chi connectivity index (χ1) is 13.8. The molecule has 2 aliphatic rings. The van der Waals surface area contributed by atoms with Crippen LogP contribution in [0.4, 0.5) is 0 Å². The molecular weight excluding hydrogens is 521 g/mol. The molecule has 0 aliphatic carbocycles. The second-order valence-electron chi connectivity index (χ2n) is 7.70. The highest BCUT2D eigenvalue weighted by Crippen LogP contribution is 2.11. The van der Waals surface area contributed by atoms with Gasteiger partial charge in [0.25, 0.3) is 0 Å². The van der Waals surface area contributed by atoms with Crippen LogP contribution in [-0.4, -0.2) is 105 Å². The number of amides is 1. The molecule has 2 saturated heterocycles. The second kappa shape index (κ2) is 13.7. The van der Waals surface area contributed by atoms with Crippen LogP contribution in [-0.2, 0) is 19.6 Å². The summed E-state index contributed by atoms with van der Waals surface area (Å²) in [6, 6.07) is 0. The number of carbonyl (C=O) groups excluding carboxylic acids is 1. The van der Waals surface area contributed by atoms with E-state index in [1.165, 1.54) is 0 Å². The third-order valence-electron chi connectivity index (χ3n) is 5.08. The van der Waals surface area contributed by atoms with Gasteiger partial charge in [0.1, 0.15) is 0 Å². The maximum absolute atomic E-state index is 12.5. The molecule has 11 heteroatoms. The summed E-state index contributed by atoms with van der Waals surface area (Å²) >= 11 is 0. The molecular formula is C19H38IN5O4S. The number of aliphatic imine (C=N–C) groups is 1. The fourth-order valence-electron chi connectivity index (χ4n) is 3.51. The van der Waals surface area contributed by atoms with Crippen molar-refractivity contribution in [3.63, 3.8) is 0 Å². The van der Waals surface area contributed by atoms with Crippen molar-refractivity contribution in [3.8, 4) is 0 Å². The molecule has 0 aromatic carbocycles. The predicted octanol–water partition coefficient (Wildman–Crippen LogP) is 0.955. The fourth-order valence-corrected chi connectivity index (χ4v) is 4.79. The predicted molar refractivity (Wildman–Crippen MR) is 130 cm³/mol. The van der Waals surface area contributed by atoms with Crippen LogP contribution in [0.2, 0.25) is 0 Å². The first kappa shape index (κ1) is 27.4. The van der Waals surface area contributed by atoms with E-state index in [2.05, 4.69) is 15.2 Å². The molecule has 30 heavy (non-hydrogen) atoms. The minimum atomic E-state index is -3.29. The van der Waals surface area contributed by atoms with Gasteiger partial charge in [0, 0.05) is 58.8 Å². The molecule has 0 spiro atoms. The fraction of sp³-hybridized carbons (Fsp3) is 0.895. The number of nitrogens with one attached hydrogen (secondary N) is 1. The minimum absolute atomic E-state index is 0. The Bertz CT molecular complexity index is 651. The quantitative estimate of drug-likeness (QED) is 0.186. The van der Waals surface area contributed by atoms with Crippen molar-refractivity contribution < 1.29 is 17.9 Å². The van der Waals surface area contributed by atoms with E-state index in [-0.39, 0.29) is 48.3 Å². The van der Waals surface area contributed by atoms with Gasteiger partial charge in [0.2, 0.25) is 15.9 Å². The summed E-state index contributed by atoms with van der Waals surface area (Å²) < 4.78 is 31.9. The van der Waals surface area contributed by atoms with Gasteiger partial charge in [-0.2, -0.15) is 4.31 Å². The SMILES string of the molecule is CCNC(=NCCCN1CCCC1=O)N1CCN(S(=O)(=O)CCOC(C)C)CC1.I. The number of guanidine groups is 1. The van der Waals surface area contributed by atoms with E-state index in [9.17, 15) is 13.2 Å². The van der Waals surface area contributed by atoms with Crippen LogP contribution < -0.4 is 5.32 Å². The molecule has 2 fully saturated rings. The van der Waals surface area contributed by atoms with E-state index in [0.717, 1.165) is 38.4 Å². The topological polar surface area (TPSA) is 94.5 Å². The van der Waals surface area contributed by atoms with Crippen LogP contribution in [0.3, 0.4) is 0 Å². The van der Waals surface area contributed by atoms with E-state index in [0.29, 0.717) is 39.1 Å². The number of halogens is 1. The van der Waals surface area contributed by atoms with Gasteiger partial charge in [-0.3, -0.25) is 9.79 Å². The lowest BCUT2D eigenvalue weighted by atomic mass is 10.3. The number of sulfonamides is 1. The molecule has 0 aromatic rings. The number of piperazine rings is 1. The highest BCUT2D eigenvalue weighted by atomic mass is 127. The van der Waals surface area contributed by atoms with Crippen molar-refractivity contribution in [2.75, 3.05) is 64.7 Å². The molecule has 0 radical (unpaired) electrons. The van der Waals surface area contributed by atoms with E-state index < -0.39 is 10.0 Å². The molecule has 9 nitrogen and oxygen atoms in total. The number of hydrogen-bond acceptors (Lipinski definition) is 5. The van der Waals surface area contributed by atoms with Gasteiger partial charge in [-0.15, -0.1) is 24.0 Å². The van der Waals surface area contributed by atoms with E-state index in [4.69, 9.17) is 4.74 Å². The summed E-state index contributed by atoms with van der Waals surface area (Å²) in [5.74, 6) is 1.09. The number of ether oxygens (including phenoxy) is 1. The van der Waals surface area contributed by atoms with Gasteiger partial charge >= 0.3 is 0 Å². The molecule has 0 bridgehead atoms. The van der Waals surface area contributed by atoms with Crippen LogP contribution >= 0.6 is 24.0 Å². The second-order valence-corrected chi connectivity index (χ2v) is 9.78. The maximum Gasteiger partial charge on any atom is 0.222 e. The molecule has 0 atom stereocenters. The standard InChI is InChI=1S/C19H37N5O4S.HI/c1-4-20-19(21-8-6-10-22-9-5-7-18(22)25)23-11-13-24(14-12-23)29(26,27)16-15-28-17(2)3;/h17H,4-16H2,1-3H3,(H,20,21);1H. The molecule has 176 valence electrons. The monoisotopic (exact) mass is 559 g/mol.